The molecular weight excluding hydrogens is 482 g/mol. The molecule has 37 heavy (non-hydrogen) atoms. The SMILES string of the molecule is CN1C(=O)c2cccc(OC(F)F)c2[C@H]2C[C@@H]1c1nn3ccc(-c4cnc(C5(N)COC5)nc4)cc3c12. The summed E-state index contributed by atoms with van der Waals surface area (Å²) in [4.78, 5) is 23.9. The normalized spacial score (nSPS) is 21.5. The highest BCUT2D eigenvalue weighted by Gasteiger charge is 2.46. The number of alkyl halides is 2. The predicted octanol–water partition coefficient (Wildman–Crippen LogP) is 3.24. The monoisotopic (exact) mass is 504 g/mol. The lowest BCUT2D eigenvalue weighted by atomic mass is 9.88. The molecule has 9 nitrogen and oxygen atoms in total. The van der Waals surface area contributed by atoms with Gasteiger partial charge >= 0.3 is 6.61 Å². The van der Waals surface area contributed by atoms with Crippen LogP contribution in [0.5, 0.6) is 5.75 Å². The van der Waals surface area contributed by atoms with Crippen LogP contribution < -0.4 is 10.5 Å². The molecule has 0 radical (unpaired) electrons. The van der Waals surface area contributed by atoms with Crippen LogP contribution in [-0.4, -0.2) is 57.3 Å². The van der Waals surface area contributed by atoms with Crippen molar-refractivity contribution in [2.45, 2.75) is 30.5 Å². The van der Waals surface area contributed by atoms with Gasteiger partial charge in [-0.15, -0.1) is 0 Å². The van der Waals surface area contributed by atoms with Gasteiger partial charge in [-0.2, -0.15) is 13.9 Å². The van der Waals surface area contributed by atoms with Crippen molar-refractivity contribution in [2.24, 2.45) is 5.73 Å². The van der Waals surface area contributed by atoms with Crippen LogP contribution in [-0.2, 0) is 10.3 Å². The van der Waals surface area contributed by atoms with E-state index in [9.17, 15) is 13.6 Å². The first-order valence-corrected chi connectivity index (χ1v) is 11.9. The van der Waals surface area contributed by atoms with E-state index >= 15 is 0 Å². The number of ether oxygens (including phenoxy) is 2. The van der Waals surface area contributed by atoms with Crippen LogP contribution in [0.3, 0.4) is 0 Å². The second-order valence-corrected chi connectivity index (χ2v) is 9.80. The lowest BCUT2D eigenvalue weighted by Gasteiger charge is -2.35. The summed E-state index contributed by atoms with van der Waals surface area (Å²) in [6, 6.07) is 8.35. The minimum atomic E-state index is -3.00. The molecule has 0 saturated carbocycles. The highest BCUT2D eigenvalue weighted by molar-refractivity contribution is 5.98. The van der Waals surface area contributed by atoms with Crippen molar-refractivity contribution in [3.05, 3.63) is 77.1 Å². The number of pyridine rings is 1. The molecule has 1 aromatic carbocycles. The second-order valence-electron chi connectivity index (χ2n) is 9.80. The summed E-state index contributed by atoms with van der Waals surface area (Å²) in [6.07, 6.45) is 5.85. The molecule has 3 aliphatic rings. The molecule has 0 spiro atoms. The van der Waals surface area contributed by atoms with E-state index in [4.69, 9.17) is 20.3 Å². The number of rotatable bonds is 4. The number of fused-ring (bicyclic) bond motifs is 9. The lowest BCUT2D eigenvalue weighted by molar-refractivity contribution is -0.0613. The number of hydrogen-bond donors (Lipinski definition) is 1. The topological polar surface area (TPSA) is 108 Å². The van der Waals surface area contributed by atoms with Gasteiger partial charge in [-0.3, -0.25) is 4.79 Å². The Labute approximate surface area is 209 Å². The number of aromatic nitrogens is 4. The Balaban J connectivity index is 1.37. The Morgan fingerprint density at radius 1 is 1.16 bits per heavy atom. The zero-order chi connectivity index (χ0) is 25.5. The first-order chi connectivity index (χ1) is 17.8. The number of hydrogen-bond acceptors (Lipinski definition) is 7. The number of carbonyl (C=O) groups is 1. The van der Waals surface area contributed by atoms with Gasteiger partial charge in [-0.25, -0.2) is 14.5 Å². The minimum Gasteiger partial charge on any atom is -0.434 e. The first-order valence-electron chi connectivity index (χ1n) is 11.9. The molecule has 3 aromatic heterocycles. The summed E-state index contributed by atoms with van der Waals surface area (Å²) in [6.45, 7) is -2.23. The van der Waals surface area contributed by atoms with Crippen LogP contribution in [0.15, 0.2) is 48.9 Å². The van der Waals surface area contributed by atoms with Gasteiger partial charge in [-0.1, -0.05) is 6.07 Å². The molecule has 2 N–H and O–H groups in total. The van der Waals surface area contributed by atoms with E-state index in [1.807, 2.05) is 18.3 Å². The summed E-state index contributed by atoms with van der Waals surface area (Å²) >= 11 is 0. The van der Waals surface area contributed by atoms with Crippen LogP contribution in [0.2, 0.25) is 0 Å². The molecule has 2 atom stereocenters. The van der Waals surface area contributed by atoms with Crippen molar-refractivity contribution in [2.75, 3.05) is 20.3 Å². The highest BCUT2D eigenvalue weighted by Crippen LogP contribution is 2.53. The van der Waals surface area contributed by atoms with E-state index in [1.165, 1.54) is 6.07 Å². The summed E-state index contributed by atoms with van der Waals surface area (Å²) in [5, 5.41) is 4.80. The van der Waals surface area contributed by atoms with E-state index in [2.05, 4.69) is 9.97 Å². The summed E-state index contributed by atoms with van der Waals surface area (Å²) < 4.78 is 38.5. The number of halogens is 2. The van der Waals surface area contributed by atoms with Gasteiger partial charge < -0.3 is 20.1 Å². The molecule has 1 fully saturated rings. The Hall–Kier alpha value is -3.96. The summed E-state index contributed by atoms with van der Waals surface area (Å²) in [7, 11) is 1.72. The molecule has 1 amide bonds. The zero-order valence-corrected chi connectivity index (χ0v) is 19.8. The molecule has 188 valence electrons. The van der Waals surface area contributed by atoms with Gasteiger partial charge in [0.2, 0.25) is 0 Å². The average molecular weight is 504 g/mol. The van der Waals surface area contributed by atoms with Crippen LogP contribution >= 0.6 is 0 Å². The minimum absolute atomic E-state index is 0.0166. The van der Waals surface area contributed by atoms with E-state index in [-0.39, 0.29) is 23.6 Å². The summed E-state index contributed by atoms with van der Waals surface area (Å²) in [5.74, 6) is -0.0176. The van der Waals surface area contributed by atoms with Crippen LogP contribution in [0.1, 0.15) is 51.4 Å². The number of benzene rings is 1. The standard InChI is InChI=1S/C26H22F2N6O3/c1-33-18-8-16(20-15(23(33)35)3-2-4-19(20)37-25(27)28)21-17-7-13(5-6-34(17)32-22(18)21)14-9-30-24(31-10-14)26(29)11-36-12-26/h2-7,9-10,16,18,25H,8,11-12,29H2,1H3/t16-,18-/m1/s1. The van der Waals surface area contributed by atoms with Crippen LogP contribution in [0.4, 0.5) is 8.78 Å². The van der Waals surface area contributed by atoms with Gasteiger partial charge in [0.1, 0.15) is 11.3 Å². The fourth-order valence-corrected chi connectivity index (χ4v) is 5.73. The molecule has 1 saturated heterocycles. The summed E-state index contributed by atoms with van der Waals surface area (Å²) in [5.41, 5.74) is 10.6. The Bertz CT molecular complexity index is 1570. The maximum absolute atomic E-state index is 13.3. The molecule has 0 unspecified atom stereocenters. The quantitative estimate of drug-likeness (QED) is 0.455. The molecule has 4 aromatic rings. The average Bonchev–Trinajstić information content (AvgIpc) is 3.40. The molecule has 1 aliphatic carbocycles. The second kappa shape index (κ2) is 7.77. The molecular formula is C26H22F2N6O3. The van der Waals surface area contributed by atoms with Gasteiger partial charge in [-0.05, 0) is 36.2 Å². The maximum atomic E-state index is 13.3. The van der Waals surface area contributed by atoms with Crippen molar-refractivity contribution in [1.29, 1.82) is 0 Å². The highest BCUT2D eigenvalue weighted by atomic mass is 19.3. The van der Waals surface area contributed by atoms with E-state index < -0.39 is 12.2 Å². The first kappa shape index (κ1) is 22.3. The van der Waals surface area contributed by atoms with Crippen molar-refractivity contribution in [3.63, 3.8) is 0 Å². The number of nitrogens with zero attached hydrogens (tertiary/aromatic N) is 5. The third-order valence-corrected chi connectivity index (χ3v) is 7.62. The fourth-order valence-electron chi connectivity index (χ4n) is 5.73. The number of nitrogens with two attached hydrogens (primary N) is 1. The van der Waals surface area contributed by atoms with Gasteiger partial charge in [0.05, 0.1) is 30.5 Å². The van der Waals surface area contributed by atoms with E-state index in [0.29, 0.717) is 36.6 Å². The lowest BCUT2D eigenvalue weighted by Crippen LogP contribution is -2.55. The Morgan fingerprint density at radius 3 is 2.65 bits per heavy atom. The van der Waals surface area contributed by atoms with Crippen LogP contribution in [0.25, 0.3) is 16.6 Å². The number of carbonyl (C=O) groups excluding carboxylic acids is 1. The van der Waals surface area contributed by atoms with Gasteiger partial charge in [0.15, 0.2) is 5.82 Å². The van der Waals surface area contributed by atoms with Crippen molar-refractivity contribution < 1.29 is 23.0 Å². The van der Waals surface area contributed by atoms with Gasteiger partial charge in [0.25, 0.3) is 5.91 Å². The Kier molecular flexibility index (Phi) is 4.67. The third kappa shape index (κ3) is 3.20. The molecule has 7 rings (SSSR count). The predicted molar refractivity (Wildman–Crippen MR) is 127 cm³/mol. The van der Waals surface area contributed by atoms with E-state index in [1.54, 1.807) is 41.0 Å². The van der Waals surface area contributed by atoms with Crippen molar-refractivity contribution >= 4 is 11.4 Å². The molecule has 2 bridgehead atoms. The van der Waals surface area contributed by atoms with Gasteiger partial charge in [0, 0.05) is 53.8 Å². The fraction of sp³-hybridized carbons (Fsp3) is 0.308. The third-order valence-electron chi connectivity index (χ3n) is 7.62. The van der Waals surface area contributed by atoms with Crippen molar-refractivity contribution in [1.82, 2.24) is 24.5 Å². The smallest absolute Gasteiger partial charge is 0.387 e. The Morgan fingerprint density at radius 2 is 1.95 bits per heavy atom. The molecule has 11 heteroatoms. The number of amides is 1. The largest absolute Gasteiger partial charge is 0.434 e. The van der Waals surface area contributed by atoms with E-state index in [0.717, 1.165) is 27.9 Å². The van der Waals surface area contributed by atoms with Crippen molar-refractivity contribution in [3.8, 4) is 16.9 Å². The molecule has 2 aliphatic heterocycles. The zero-order valence-electron chi connectivity index (χ0n) is 19.8. The van der Waals surface area contributed by atoms with Crippen LogP contribution in [0, 0.1) is 0 Å². The maximum Gasteiger partial charge on any atom is 0.387 e. The molecule has 5 heterocycles.